The summed E-state index contributed by atoms with van der Waals surface area (Å²) in [4.78, 5) is 0. The molecular weight excluding hydrogens is 255 g/mol. The Hall–Kier alpha value is -0.290. The van der Waals surface area contributed by atoms with Gasteiger partial charge >= 0.3 is 6.18 Å². The molecule has 0 unspecified atom stereocenters. The molecule has 0 heterocycles. The third-order valence-corrected chi connectivity index (χ3v) is 4.04. The summed E-state index contributed by atoms with van der Waals surface area (Å²) < 4.78 is 42.7. The molecule has 0 aromatic rings. The lowest BCUT2D eigenvalue weighted by atomic mass is 9.84. The van der Waals surface area contributed by atoms with Gasteiger partial charge in [-0.05, 0) is 37.5 Å². The molecule has 1 rings (SSSR count). The molecule has 1 aliphatic rings. The average molecular weight is 281 g/mol. The Morgan fingerprint density at radius 3 is 2.16 bits per heavy atom. The summed E-state index contributed by atoms with van der Waals surface area (Å²) in [5.41, 5.74) is 0.122. The van der Waals surface area contributed by atoms with Gasteiger partial charge in [0.25, 0.3) is 0 Å². The zero-order chi connectivity index (χ0) is 14.5. The highest BCUT2D eigenvalue weighted by Crippen LogP contribution is 2.37. The molecule has 19 heavy (non-hydrogen) atoms. The Bertz CT molecular complexity index is 258. The van der Waals surface area contributed by atoms with E-state index in [9.17, 15) is 13.2 Å². The van der Waals surface area contributed by atoms with Crippen molar-refractivity contribution in [1.29, 1.82) is 0 Å². The number of hydrogen-bond donors (Lipinski definition) is 1. The van der Waals surface area contributed by atoms with Crippen molar-refractivity contribution in [3.05, 3.63) is 0 Å². The van der Waals surface area contributed by atoms with E-state index in [-0.39, 0.29) is 24.3 Å². The van der Waals surface area contributed by atoms with Crippen molar-refractivity contribution in [1.82, 2.24) is 5.32 Å². The molecule has 0 amide bonds. The molecule has 0 aliphatic heterocycles. The summed E-state index contributed by atoms with van der Waals surface area (Å²) in [5.74, 6) is -1.09. The molecule has 0 spiro atoms. The Morgan fingerprint density at radius 2 is 1.68 bits per heavy atom. The van der Waals surface area contributed by atoms with E-state index in [0.717, 1.165) is 19.6 Å². The Labute approximate surface area is 114 Å². The molecule has 114 valence electrons. The molecule has 0 bridgehead atoms. The molecule has 5 heteroatoms. The van der Waals surface area contributed by atoms with E-state index in [1.807, 2.05) is 0 Å². The summed E-state index contributed by atoms with van der Waals surface area (Å²) in [7, 11) is 1.68. The van der Waals surface area contributed by atoms with Crippen molar-refractivity contribution in [2.45, 2.75) is 58.2 Å². The first-order valence-corrected chi connectivity index (χ1v) is 7.03. The highest BCUT2D eigenvalue weighted by Gasteiger charge is 2.41. The van der Waals surface area contributed by atoms with Crippen molar-refractivity contribution < 1.29 is 17.9 Å². The van der Waals surface area contributed by atoms with Crippen LogP contribution >= 0.6 is 0 Å². The van der Waals surface area contributed by atoms with Crippen LogP contribution in [0.4, 0.5) is 13.2 Å². The number of alkyl halides is 3. The van der Waals surface area contributed by atoms with E-state index in [4.69, 9.17) is 4.74 Å². The van der Waals surface area contributed by atoms with E-state index < -0.39 is 12.1 Å². The van der Waals surface area contributed by atoms with Crippen LogP contribution in [0.1, 0.15) is 46.0 Å². The first-order valence-electron chi connectivity index (χ1n) is 7.03. The Kier molecular flexibility index (Phi) is 6.12. The second kappa shape index (κ2) is 6.93. The first-order chi connectivity index (χ1) is 8.74. The quantitative estimate of drug-likeness (QED) is 0.800. The van der Waals surface area contributed by atoms with Gasteiger partial charge < -0.3 is 10.1 Å². The number of hydrogen-bond acceptors (Lipinski definition) is 2. The van der Waals surface area contributed by atoms with E-state index in [1.54, 1.807) is 7.11 Å². The number of halogens is 3. The van der Waals surface area contributed by atoms with Crippen LogP contribution in [0.3, 0.4) is 0 Å². The zero-order valence-corrected chi connectivity index (χ0v) is 12.1. The number of ether oxygens (including phenoxy) is 1. The fourth-order valence-corrected chi connectivity index (χ4v) is 2.51. The van der Waals surface area contributed by atoms with Crippen molar-refractivity contribution >= 4 is 0 Å². The Morgan fingerprint density at radius 1 is 1.11 bits per heavy atom. The number of rotatable bonds is 6. The lowest BCUT2D eigenvalue weighted by molar-refractivity contribution is -0.182. The standard InChI is InChI=1S/C14H26F3NO/c1-13(2,8-9-19-3)10-18-12-6-4-11(5-7-12)14(15,16)17/h11-12,18H,4-10H2,1-3H3. The molecule has 0 saturated heterocycles. The molecule has 1 fully saturated rings. The topological polar surface area (TPSA) is 21.3 Å². The van der Waals surface area contributed by atoms with Crippen molar-refractivity contribution in [2.75, 3.05) is 20.3 Å². The smallest absolute Gasteiger partial charge is 0.385 e. The van der Waals surface area contributed by atoms with Crippen molar-refractivity contribution in [3.8, 4) is 0 Å². The third kappa shape index (κ3) is 6.13. The summed E-state index contributed by atoms with van der Waals surface area (Å²) in [6, 6.07) is 0.236. The van der Waals surface area contributed by atoms with Gasteiger partial charge in [-0.2, -0.15) is 13.2 Å². The van der Waals surface area contributed by atoms with Crippen LogP contribution in [-0.4, -0.2) is 32.5 Å². The monoisotopic (exact) mass is 281 g/mol. The average Bonchev–Trinajstić information content (AvgIpc) is 2.34. The van der Waals surface area contributed by atoms with E-state index in [1.165, 1.54) is 0 Å². The van der Waals surface area contributed by atoms with Gasteiger partial charge in [0, 0.05) is 26.3 Å². The van der Waals surface area contributed by atoms with Crippen molar-refractivity contribution in [3.63, 3.8) is 0 Å². The van der Waals surface area contributed by atoms with E-state index in [2.05, 4.69) is 19.2 Å². The van der Waals surface area contributed by atoms with Crippen LogP contribution in [-0.2, 0) is 4.74 Å². The van der Waals surface area contributed by atoms with Crippen molar-refractivity contribution in [2.24, 2.45) is 11.3 Å². The number of methoxy groups -OCH3 is 1. The molecule has 1 N–H and O–H groups in total. The maximum Gasteiger partial charge on any atom is 0.391 e. The zero-order valence-electron chi connectivity index (χ0n) is 12.1. The van der Waals surface area contributed by atoms with Gasteiger partial charge in [-0.1, -0.05) is 13.8 Å². The van der Waals surface area contributed by atoms with Crippen LogP contribution in [0.15, 0.2) is 0 Å². The molecule has 0 radical (unpaired) electrons. The lowest BCUT2D eigenvalue weighted by Crippen LogP contribution is -2.41. The highest BCUT2D eigenvalue weighted by atomic mass is 19.4. The molecule has 1 aliphatic carbocycles. The van der Waals surface area contributed by atoms with Crippen LogP contribution in [0.5, 0.6) is 0 Å². The summed E-state index contributed by atoms with van der Waals surface area (Å²) in [5, 5.41) is 3.42. The second-order valence-corrected chi connectivity index (χ2v) is 6.38. The maximum atomic E-state index is 12.5. The predicted octanol–water partition coefficient (Wildman–Crippen LogP) is 3.76. The van der Waals surface area contributed by atoms with Gasteiger partial charge in [-0.15, -0.1) is 0 Å². The minimum absolute atomic E-state index is 0.122. The van der Waals surface area contributed by atoms with Crippen LogP contribution in [0.2, 0.25) is 0 Å². The van der Waals surface area contributed by atoms with Gasteiger partial charge in [0.1, 0.15) is 0 Å². The fraction of sp³-hybridized carbons (Fsp3) is 1.00. The minimum Gasteiger partial charge on any atom is -0.385 e. The molecule has 0 aromatic heterocycles. The normalized spacial score (nSPS) is 25.6. The van der Waals surface area contributed by atoms with E-state index in [0.29, 0.717) is 12.8 Å². The van der Waals surface area contributed by atoms with Crippen LogP contribution < -0.4 is 5.32 Å². The lowest BCUT2D eigenvalue weighted by Gasteiger charge is -2.33. The number of nitrogens with one attached hydrogen (secondary N) is 1. The van der Waals surface area contributed by atoms with Gasteiger partial charge in [-0.3, -0.25) is 0 Å². The van der Waals surface area contributed by atoms with Gasteiger partial charge in [0.05, 0.1) is 5.92 Å². The van der Waals surface area contributed by atoms with E-state index >= 15 is 0 Å². The van der Waals surface area contributed by atoms with Gasteiger partial charge in [0.2, 0.25) is 0 Å². The van der Waals surface area contributed by atoms with Crippen LogP contribution in [0.25, 0.3) is 0 Å². The second-order valence-electron chi connectivity index (χ2n) is 6.38. The summed E-state index contributed by atoms with van der Waals surface area (Å²) in [6.45, 7) is 5.86. The van der Waals surface area contributed by atoms with Crippen LogP contribution in [0, 0.1) is 11.3 Å². The summed E-state index contributed by atoms with van der Waals surface area (Å²) >= 11 is 0. The molecule has 0 aromatic carbocycles. The molecule has 0 atom stereocenters. The van der Waals surface area contributed by atoms with Gasteiger partial charge in [-0.25, -0.2) is 0 Å². The molecular formula is C14H26F3NO. The SMILES string of the molecule is COCCC(C)(C)CNC1CCC(C(F)(F)F)CC1. The third-order valence-electron chi connectivity index (χ3n) is 4.04. The summed E-state index contributed by atoms with van der Waals surface area (Å²) in [6.07, 6.45) is -1.27. The maximum absolute atomic E-state index is 12.5. The predicted molar refractivity (Wildman–Crippen MR) is 70.1 cm³/mol. The molecule has 2 nitrogen and oxygen atoms in total. The minimum atomic E-state index is -4.01. The first kappa shape index (κ1) is 16.8. The fourth-order valence-electron chi connectivity index (χ4n) is 2.51. The Balaban J connectivity index is 2.26. The highest BCUT2D eigenvalue weighted by molar-refractivity contribution is 4.82. The largest absolute Gasteiger partial charge is 0.391 e. The molecule has 1 saturated carbocycles. The van der Waals surface area contributed by atoms with Gasteiger partial charge in [0.15, 0.2) is 0 Å².